The maximum Gasteiger partial charge on any atom is 0.334 e. The van der Waals surface area contributed by atoms with E-state index in [4.69, 9.17) is 14.2 Å². The Hall–Kier alpha value is -1.89. The molecule has 0 spiro atoms. The third-order valence-electron chi connectivity index (χ3n) is 6.40. The van der Waals surface area contributed by atoms with Crippen molar-refractivity contribution >= 4 is 17.9 Å². The van der Waals surface area contributed by atoms with Crippen molar-refractivity contribution in [3.05, 3.63) is 12.2 Å². The first-order chi connectivity index (χ1) is 12.1. The highest BCUT2D eigenvalue weighted by molar-refractivity contribution is 5.91. The molecule has 0 aromatic heterocycles. The molecule has 0 aromatic carbocycles. The molecule has 0 aromatic rings. The lowest BCUT2D eigenvalue weighted by molar-refractivity contribution is -0.162. The Morgan fingerprint density at radius 1 is 1.23 bits per heavy atom. The molecule has 1 aliphatic heterocycles. The molecule has 7 heteroatoms. The van der Waals surface area contributed by atoms with E-state index in [1.54, 1.807) is 0 Å². The maximum absolute atomic E-state index is 12.0. The van der Waals surface area contributed by atoms with Gasteiger partial charge in [0.25, 0.3) is 0 Å². The lowest BCUT2D eigenvalue weighted by atomic mass is 9.67. The Labute approximate surface area is 152 Å². The summed E-state index contributed by atoms with van der Waals surface area (Å²) in [4.78, 5) is 35.2. The quantitative estimate of drug-likeness (QED) is 0.448. The van der Waals surface area contributed by atoms with Crippen molar-refractivity contribution in [2.24, 2.45) is 23.2 Å². The summed E-state index contributed by atoms with van der Waals surface area (Å²) in [6, 6.07) is 0. The van der Waals surface area contributed by atoms with E-state index < -0.39 is 53.7 Å². The fraction of sp³-hybridized carbons (Fsp3) is 0.737. The number of carbonyl (C=O) groups excluding carboxylic acids is 3. The summed E-state index contributed by atoms with van der Waals surface area (Å²) >= 11 is 0. The van der Waals surface area contributed by atoms with Crippen molar-refractivity contribution in [2.45, 2.75) is 65.0 Å². The molecule has 2 saturated carbocycles. The lowest BCUT2D eigenvalue weighted by Crippen LogP contribution is -2.50. The number of aliphatic hydroxyl groups is 1. The van der Waals surface area contributed by atoms with Crippen molar-refractivity contribution in [1.82, 2.24) is 0 Å². The molecule has 3 aliphatic rings. The Kier molecular flexibility index (Phi) is 4.63. The number of hydrogen-bond acceptors (Lipinski definition) is 7. The minimum absolute atomic E-state index is 0.0201. The summed E-state index contributed by atoms with van der Waals surface area (Å²) in [5.41, 5.74) is -0.643. The van der Waals surface area contributed by atoms with Crippen molar-refractivity contribution in [3.8, 4) is 0 Å². The summed E-state index contributed by atoms with van der Waals surface area (Å²) in [5, 5.41) is 11.3. The van der Waals surface area contributed by atoms with Gasteiger partial charge < -0.3 is 19.3 Å². The van der Waals surface area contributed by atoms with Gasteiger partial charge in [-0.05, 0) is 12.3 Å². The second kappa shape index (κ2) is 6.37. The Balaban J connectivity index is 2.06. The van der Waals surface area contributed by atoms with Gasteiger partial charge in [-0.3, -0.25) is 9.59 Å². The molecule has 144 valence electrons. The normalized spacial score (nSPS) is 44.6. The van der Waals surface area contributed by atoms with E-state index >= 15 is 0 Å². The molecular formula is C19H26O7. The van der Waals surface area contributed by atoms with E-state index in [-0.39, 0.29) is 17.4 Å². The molecule has 0 radical (unpaired) electrons. The molecule has 2 aliphatic carbocycles. The summed E-state index contributed by atoms with van der Waals surface area (Å²) in [5.74, 6) is -2.18. The first-order valence-corrected chi connectivity index (χ1v) is 8.99. The maximum atomic E-state index is 12.0. The predicted molar refractivity (Wildman–Crippen MR) is 89.6 cm³/mol. The van der Waals surface area contributed by atoms with Gasteiger partial charge in [0.2, 0.25) is 0 Å². The Morgan fingerprint density at radius 2 is 1.85 bits per heavy atom. The number of rotatable bonds is 2. The van der Waals surface area contributed by atoms with Crippen LogP contribution in [0.3, 0.4) is 0 Å². The van der Waals surface area contributed by atoms with Gasteiger partial charge in [-0.15, -0.1) is 0 Å². The van der Waals surface area contributed by atoms with Gasteiger partial charge in [0.05, 0.1) is 12.0 Å². The van der Waals surface area contributed by atoms with E-state index in [9.17, 15) is 19.5 Å². The van der Waals surface area contributed by atoms with Gasteiger partial charge >= 0.3 is 17.9 Å². The van der Waals surface area contributed by atoms with Crippen molar-refractivity contribution in [2.75, 3.05) is 0 Å². The molecule has 8 atom stereocenters. The zero-order valence-electron chi connectivity index (χ0n) is 15.6. The van der Waals surface area contributed by atoms with Crippen molar-refractivity contribution in [1.29, 1.82) is 0 Å². The summed E-state index contributed by atoms with van der Waals surface area (Å²) in [6.45, 7) is 10.3. The largest absolute Gasteiger partial charge is 0.462 e. The van der Waals surface area contributed by atoms with Crippen LogP contribution in [0, 0.1) is 23.2 Å². The minimum atomic E-state index is -1.01. The number of esters is 3. The van der Waals surface area contributed by atoms with Crippen molar-refractivity contribution in [3.63, 3.8) is 0 Å². The van der Waals surface area contributed by atoms with Crippen LogP contribution in [0.15, 0.2) is 12.2 Å². The second-order valence-corrected chi connectivity index (χ2v) is 8.03. The van der Waals surface area contributed by atoms with Crippen LogP contribution in [0.2, 0.25) is 0 Å². The van der Waals surface area contributed by atoms with Gasteiger partial charge in [0.1, 0.15) is 18.3 Å². The minimum Gasteiger partial charge on any atom is -0.462 e. The second-order valence-electron chi connectivity index (χ2n) is 8.03. The summed E-state index contributed by atoms with van der Waals surface area (Å²) in [7, 11) is 0. The average molecular weight is 366 g/mol. The predicted octanol–water partition coefficient (Wildman–Crippen LogP) is 1.37. The van der Waals surface area contributed by atoms with Crippen LogP contribution >= 0.6 is 0 Å². The molecule has 1 heterocycles. The van der Waals surface area contributed by atoms with E-state index in [2.05, 4.69) is 6.58 Å². The third kappa shape index (κ3) is 2.73. The highest BCUT2D eigenvalue weighted by Gasteiger charge is 2.66. The number of aliphatic hydroxyl groups excluding tert-OH is 1. The van der Waals surface area contributed by atoms with Gasteiger partial charge in [0, 0.05) is 37.2 Å². The fourth-order valence-corrected chi connectivity index (χ4v) is 5.44. The molecule has 0 bridgehead atoms. The highest BCUT2D eigenvalue weighted by Crippen LogP contribution is 2.58. The highest BCUT2D eigenvalue weighted by atomic mass is 16.6. The standard InChI is InChI=1S/C19H26O7/c1-8-6-12-15(9(2)18(23)26-12)17(22)19(5)14(25-11(4)21)7-13(16(8)19)24-10(3)20/h8,12-17,22H,2,6-7H2,1,3-5H3/t8-,12-,13+,14-,15+,16-,17+,19-/m1/s1. The van der Waals surface area contributed by atoms with Crippen LogP contribution in [0.5, 0.6) is 0 Å². The molecular weight excluding hydrogens is 340 g/mol. The SMILES string of the molecule is C=C1C(=O)O[C@@H]2C[C@@H](C)[C@@H]3[C@@H](OC(C)=O)C[C@@H](OC(C)=O)[C@@]3(C)[C@@H](O)[C@@H]12. The van der Waals surface area contributed by atoms with Gasteiger partial charge in [-0.2, -0.15) is 0 Å². The average Bonchev–Trinajstić information content (AvgIpc) is 2.90. The van der Waals surface area contributed by atoms with Gasteiger partial charge in [-0.1, -0.05) is 20.4 Å². The molecule has 0 amide bonds. The van der Waals surface area contributed by atoms with E-state index in [0.717, 1.165) is 0 Å². The van der Waals surface area contributed by atoms with Gasteiger partial charge in [0.15, 0.2) is 0 Å². The molecule has 3 rings (SSSR count). The summed E-state index contributed by atoms with van der Waals surface area (Å²) in [6.07, 6.45) is -1.74. The van der Waals surface area contributed by atoms with E-state index in [1.807, 2.05) is 13.8 Å². The molecule has 26 heavy (non-hydrogen) atoms. The number of hydrogen-bond donors (Lipinski definition) is 1. The summed E-state index contributed by atoms with van der Waals surface area (Å²) < 4.78 is 16.5. The fourth-order valence-electron chi connectivity index (χ4n) is 5.44. The first kappa shape index (κ1) is 18.9. The zero-order chi connectivity index (χ0) is 19.4. The molecule has 3 fully saturated rings. The molecule has 7 nitrogen and oxygen atoms in total. The van der Waals surface area contributed by atoms with Crippen LogP contribution in [-0.4, -0.2) is 47.4 Å². The number of carbonyl (C=O) groups is 3. The zero-order valence-corrected chi connectivity index (χ0v) is 15.6. The van der Waals surface area contributed by atoms with Crippen LogP contribution in [0.4, 0.5) is 0 Å². The number of ether oxygens (including phenoxy) is 3. The number of fused-ring (bicyclic) bond motifs is 2. The van der Waals surface area contributed by atoms with E-state index in [1.165, 1.54) is 13.8 Å². The Morgan fingerprint density at radius 3 is 2.42 bits per heavy atom. The molecule has 0 unspecified atom stereocenters. The van der Waals surface area contributed by atoms with Crippen LogP contribution in [-0.2, 0) is 28.6 Å². The van der Waals surface area contributed by atoms with Crippen LogP contribution < -0.4 is 0 Å². The van der Waals surface area contributed by atoms with Crippen LogP contribution in [0.1, 0.15) is 40.5 Å². The topological polar surface area (TPSA) is 99.1 Å². The molecule has 1 N–H and O–H groups in total. The first-order valence-electron chi connectivity index (χ1n) is 8.99. The monoisotopic (exact) mass is 366 g/mol. The van der Waals surface area contributed by atoms with Gasteiger partial charge in [-0.25, -0.2) is 4.79 Å². The van der Waals surface area contributed by atoms with Crippen LogP contribution in [0.25, 0.3) is 0 Å². The lowest BCUT2D eigenvalue weighted by Gasteiger charge is -2.42. The third-order valence-corrected chi connectivity index (χ3v) is 6.40. The molecule has 1 saturated heterocycles. The smallest absolute Gasteiger partial charge is 0.334 e. The Bertz CT molecular complexity index is 656. The van der Waals surface area contributed by atoms with E-state index in [0.29, 0.717) is 12.8 Å². The van der Waals surface area contributed by atoms with Crippen molar-refractivity contribution < 1.29 is 33.7 Å².